The highest BCUT2D eigenvalue weighted by atomic mass is 32.2. The molecule has 0 bridgehead atoms. The molecule has 1 aromatic carbocycles. The van der Waals surface area contributed by atoms with Gasteiger partial charge in [-0.2, -0.15) is 4.31 Å². The summed E-state index contributed by atoms with van der Waals surface area (Å²) in [7, 11) is -4.38. The van der Waals surface area contributed by atoms with Crippen LogP contribution in [0.25, 0.3) is 0 Å². The summed E-state index contributed by atoms with van der Waals surface area (Å²) in [6, 6.07) is 3.88. The lowest BCUT2D eigenvalue weighted by molar-refractivity contribution is -0.139. The van der Waals surface area contributed by atoms with Gasteiger partial charge in [0.05, 0.1) is 4.90 Å². The SMILES string of the molecule is O=C(O)CN(CC(=O)O)S(=O)(=O)c1cccc(F)c1. The predicted molar refractivity (Wildman–Crippen MR) is 60.4 cm³/mol. The number of carbonyl (C=O) groups is 2. The van der Waals surface area contributed by atoms with Crippen molar-refractivity contribution in [3.63, 3.8) is 0 Å². The second kappa shape index (κ2) is 5.76. The van der Waals surface area contributed by atoms with Crippen molar-refractivity contribution in [2.75, 3.05) is 13.1 Å². The van der Waals surface area contributed by atoms with Gasteiger partial charge in [0.2, 0.25) is 10.0 Å². The van der Waals surface area contributed by atoms with Gasteiger partial charge < -0.3 is 10.2 Å². The summed E-state index contributed by atoms with van der Waals surface area (Å²) < 4.78 is 37.2. The molecule has 0 saturated carbocycles. The summed E-state index contributed by atoms with van der Waals surface area (Å²) in [6.45, 7) is -2.05. The van der Waals surface area contributed by atoms with Crippen LogP contribution in [0, 0.1) is 5.82 Å². The van der Waals surface area contributed by atoms with Crippen LogP contribution in [0.1, 0.15) is 0 Å². The third-order valence-electron chi connectivity index (χ3n) is 2.06. The number of hydrogen-bond acceptors (Lipinski definition) is 4. The van der Waals surface area contributed by atoms with E-state index in [1.165, 1.54) is 0 Å². The van der Waals surface area contributed by atoms with Gasteiger partial charge in [0.15, 0.2) is 0 Å². The van der Waals surface area contributed by atoms with Crippen LogP contribution in [-0.2, 0) is 19.6 Å². The number of halogens is 1. The number of carboxylic acid groups (broad SMARTS) is 2. The molecule has 0 amide bonds. The Kier molecular flexibility index (Phi) is 4.57. The summed E-state index contributed by atoms with van der Waals surface area (Å²) >= 11 is 0. The van der Waals surface area contributed by atoms with Crippen molar-refractivity contribution in [1.29, 1.82) is 0 Å². The number of benzene rings is 1. The Morgan fingerprint density at radius 1 is 1.16 bits per heavy atom. The molecule has 0 aliphatic heterocycles. The molecule has 9 heteroatoms. The fraction of sp³-hybridized carbons (Fsp3) is 0.200. The molecule has 0 heterocycles. The maximum Gasteiger partial charge on any atom is 0.318 e. The number of aliphatic carboxylic acids is 2. The van der Waals surface area contributed by atoms with Crippen LogP contribution in [0.2, 0.25) is 0 Å². The standard InChI is InChI=1S/C10H10FNO6S/c11-7-2-1-3-8(4-7)19(17,18)12(5-9(13)14)6-10(15)16/h1-4H,5-6H2,(H,13,14)(H,15,16). The van der Waals surface area contributed by atoms with Crippen LogP contribution in [-0.4, -0.2) is 48.0 Å². The Morgan fingerprint density at radius 3 is 2.11 bits per heavy atom. The molecular formula is C10H10FNO6S. The van der Waals surface area contributed by atoms with Gasteiger partial charge in [0, 0.05) is 0 Å². The van der Waals surface area contributed by atoms with Crippen LogP contribution in [0.4, 0.5) is 4.39 Å². The number of sulfonamides is 1. The van der Waals surface area contributed by atoms with Crippen molar-refractivity contribution in [3.8, 4) is 0 Å². The van der Waals surface area contributed by atoms with Gasteiger partial charge in [0.1, 0.15) is 18.9 Å². The zero-order valence-electron chi connectivity index (χ0n) is 9.48. The minimum Gasteiger partial charge on any atom is -0.480 e. The smallest absolute Gasteiger partial charge is 0.318 e. The zero-order valence-corrected chi connectivity index (χ0v) is 10.3. The molecule has 19 heavy (non-hydrogen) atoms. The lowest BCUT2D eigenvalue weighted by Gasteiger charge is -2.18. The lowest BCUT2D eigenvalue weighted by atomic mass is 10.4. The molecule has 7 nitrogen and oxygen atoms in total. The number of hydrogen-bond donors (Lipinski definition) is 2. The highest BCUT2D eigenvalue weighted by molar-refractivity contribution is 7.89. The average molecular weight is 291 g/mol. The number of carboxylic acids is 2. The van der Waals surface area contributed by atoms with Gasteiger partial charge in [-0.25, -0.2) is 12.8 Å². The Morgan fingerprint density at radius 2 is 1.68 bits per heavy atom. The Bertz CT molecular complexity index is 584. The number of rotatable bonds is 6. The summed E-state index contributed by atoms with van der Waals surface area (Å²) in [6.07, 6.45) is 0. The maximum atomic E-state index is 13.0. The fourth-order valence-electron chi connectivity index (χ4n) is 1.30. The minimum atomic E-state index is -4.38. The third kappa shape index (κ3) is 4.00. The molecule has 0 spiro atoms. The molecule has 1 aromatic rings. The first-order valence-corrected chi connectivity index (χ1v) is 6.37. The molecule has 0 aliphatic carbocycles. The minimum absolute atomic E-state index is 0.242. The van der Waals surface area contributed by atoms with Gasteiger partial charge in [-0.05, 0) is 18.2 Å². The summed E-state index contributed by atoms with van der Waals surface area (Å²) in [5.41, 5.74) is 0. The van der Waals surface area contributed by atoms with Gasteiger partial charge in [-0.15, -0.1) is 0 Å². The molecule has 0 radical (unpaired) electrons. The van der Waals surface area contributed by atoms with Crippen LogP contribution >= 0.6 is 0 Å². The van der Waals surface area contributed by atoms with Crippen LogP contribution in [0.5, 0.6) is 0 Å². The molecule has 0 saturated heterocycles. The molecule has 1 rings (SSSR count). The topological polar surface area (TPSA) is 112 Å². The Hall–Kier alpha value is -2.00. The zero-order chi connectivity index (χ0) is 14.6. The van der Waals surface area contributed by atoms with Gasteiger partial charge in [0.25, 0.3) is 0 Å². The van der Waals surface area contributed by atoms with Crippen molar-refractivity contribution >= 4 is 22.0 Å². The normalized spacial score (nSPS) is 11.5. The van der Waals surface area contributed by atoms with E-state index in [4.69, 9.17) is 10.2 Å². The lowest BCUT2D eigenvalue weighted by Crippen LogP contribution is -2.39. The predicted octanol–water partition coefficient (Wildman–Crippen LogP) is -0.0144. The van der Waals surface area contributed by atoms with E-state index in [0.29, 0.717) is 6.07 Å². The van der Waals surface area contributed by atoms with Crippen molar-refractivity contribution in [1.82, 2.24) is 4.31 Å². The van der Waals surface area contributed by atoms with E-state index in [1.54, 1.807) is 0 Å². The first-order chi connectivity index (χ1) is 8.73. The molecular weight excluding hydrogens is 281 g/mol. The van der Waals surface area contributed by atoms with E-state index >= 15 is 0 Å². The van der Waals surface area contributed by atoms with Crippen molar-refractivity contribution in [2.45, 2.75) is 4.90 Å². The Balaban J connectivity index is 3.18. The fourth-order valence-corrected chi connectivity index (χ4v) is 2.68. The van der Waals surface area contributed by atoms with E-state index in [0.717, 1.165) is 18.2 Å². The first kappa shape index (κ1) is 15.1. The van der Waals surface area contributed by atoms with E-state index in [9.17, 15) is 22.4 Å². The highest BCUT2D eigenvalue weighted by Gasteiger charge is 2.28. The molecule has 0 aliphatic rings. The second-order valence-corrected chi connectivity index (χ2v) is 5.46. The largest absolute Gasteiger partial charge is 0.480 e. The first-order valence-electron chi connectivity index (χ1n) is 4.93. The van der Waals surface area contributed by atoms with E-state index < -0.39 is 45.8 Å². The Labute approximate surface area is 107 Å². The maximum absolute atomic E-state index is 13.0. The highest BCUT2D eigenvalue weighted by Crippen LogP contribution is 2.16. The van der Waals surface area contributed by atoms with Crippen molar-refractivity contribution in [3.05, 3.63) is 30.1 Å². The third-order valence-corrected chi connectivity index (χ3v) is 3.84. The average Bonchev–Trinajstić information content (AvgIpc) is 2.26. The summed E-state index contributed by atoms with van der Waals surface area (Å²) in [5.74, 6) is -3.85. The van der Waals surface area contributed by atoms with Gasteiger partial charge >= 0.3 is 11.9 Å². The van der Waals surface area contributed by atoms with Crippen LogP contribution < -0.4 is 0 Å². The molecule has 0 fully saturated rings. The molecule has 0 unspecified atom stereocenters. The monoisotopic (exact) mass is 291 g/mol. The number of nitrogens with zero attached hydrogens (tertiary/aromatic N) is 1. The quantitative estimate of drug-likeness (QED) is 0.762. The molecule has 0 aromatic heterocycles. The van der Waals surface area contributed by atoms with Gasteiger partial charge in [-0.1, -0.05) is 6.07 Å². The van der Waals surface area contributed by atoms with E-state index in [-0.39, 0.29) is 4.31 Å². The van der Waals surface area contributed by atoms with Crippen LogP contribution in [0.3, 0.4) is 0 Å². The second-order valence-electron chi connectivity index (χ2n) is 3.52. The van der Waals surface area contributed by atoms with E-state index in [1.807, 2.05) is 0 Å². The van der Waals surface area contributed by atoms with E-state index in [2.05, 4.69) is 0 Å². The summed E-state index contributed by atoms with van der Waals surface area (Å²) in [4.78, 5) is 20.6. The molecule has 2 N–H and O–H groups in total. The molecule has 0 atom stereocenters. The van der Waals surface area contributed by atoms with Crippen LogP contribution in [0.15, 0.2) is 29.2 Å². The summed E-state index contributed by atoms with van der Waals surface area (Å²) in [5, 5.41) is 17.2. The van der Waals surface area contributed by atoms with Gasteiger partial charge in [-0.3, -0.25) is 9.59 Å². The van der Waals surface area contributed by atoms with Crippen molar-refractivity contribution < 1.29 is 32.6 Å². The van der Waals surface area contributed by atoms with Crippen molar-refractivity contribution in [2.24, 2.45) is 0 Å². The molecule has 104 valence electrons.